The molecule has 5 aliphatic rings. The number of hydrogen-bond acceptors (Lipinski definition) is 0. The highest BCUT2D eigenvalue weighted by Gasteiger charge is 2.91. The number of halogens is 12. The van der Waals surface area contributed by atoms with Crippen molar-refractivity contribution in [3.8, 4) is 0 Å². The summed E-state index contributed by atoms with van der Waals surface area (Å²) in [5.41, 5.74) is 2.58. The van der Waals surface area contributed by atoms with E-state index in [9.17, 15) is 0 Å². The standard InChI is InChI=1S/C21H10Cl12/c1-5-2-3-6-7(4-5)9-11(19(29)15(25)13(23)17(9,27)21(19,32)33)10-8(6)16(26)12(22)14(24)18(10,28)20(16,30)31/h2-4,8-11H,1H3/t8-,9+,10-,11+,16+,17-,18-,19+/m0/s1. The predicted molar refractivity (Wildman–Crippen MR) is 144 cm³/mol. The summed E-state index contributed by atoms with van der Waals surface area (Å²) in [6.07, 6.45) is 0. The third-order valence-corrected chi connectivity index (χ3v) is 16.8. The summed E-state index contributed by atoms with van der Waals surface area (Å²) in [5.74, 6) is -2.56. The van der Waals surface area contributed by atoms with E-state index in [1.165, 1.54) is 0 Å². The molecule has 4 bridgehead atoms. The molecular weight excluding hydrogens is 678 g/mol. The molecule has 0 nitrogen and oxygen atoms in total. The van der Waals surface area contributed by atoms with Crippen molar-refractivity contribution in [3.05, 3.63) is 55.0 Å². The van der Waals surface area contributed by atoms with Crippen molar-refractivity contribution in [2.24, 2.45) is 11.8 Å². The molecule has 1 aromatic rings. The van der Waals surface area contributed by atoms with Gasteiger partial charge in [-0.3, -0.25) is 0 Å². The minimum atomic E-state index is -1.81. The highest BCUT2D eigenvalue weighted by molar-refractivity contribution is 6.67. The molecule has 0 saturated heterocycles. The molecule has 0 aromatic heterocycles. The van der Waals surface area contributed by atoms with Crippen LogP contribution in [-0.4, -0.2) is 28.2 Å². The summed E-state index contributed by atoms with van der Waals surface area (Å²) >= 11 is 83.7. The van der Waals surface area contributed by atoms with Crippen LogP contribution >= 0.6 is 139 Å². The molecule has 0 heterocycles. The monoisotopic (exact) mass is 682 g/mol. The first-order valence-electron chi connectivity index (χ1n) is 9.74. The van der Waals surface area contributed by atoms with Crippen LogP contribution in [0.5, 0.6) is 0 Å². The fraction of sp³-hybridized carbons (Fsp3) is 0.524. The summed E-state index contributed by atoms with van der Waals surface area (Å²) in [6, 6.07) is 5.85. The lowest BCUT2D eigenvalue weighted by atomic mass is 9.57. The molecule has 0 amide bonds. The SMILES string of the molecule is Cc1ccc2c(c1)[C@@H]1[C@H]([C@@H]3[C@H]2[C@@]2(Cl)C(Cl)=C(Cl)[C@]3(Cl)C2(Cl)Cl)[C@@]2(Cl)C(Cl)=C(Cl)[C@]1(Cl)C2(Cl)Cl. The quantitative estimate of drug-likeness (QED) is 0.238. The molecule has 0 radical (unpaired) electrons. The van der Waals surface area contributed by atoms with Crippen LogP contribution < -0.4 is 0 Å². The molecular formula is C21H10Cl12. The van der Waals surface area contributed by atoms with E-state index in [1.807, 2.05) is 25.1 Å². The first kappa shape index (κ1) is 25.5. The maximum atomic E-state index is 7.29. The minimum absolute atomic E-state index is 0.0500. The molecule has 33 heavy (non-hydrogen) atoms. The van der Waals surface area contributed by atoms with Crippen LogP contribution in [0.25, 0.3) is 0 Å². The van der Waals surface area contributed by atoms with Gasteiger partial charge in [0.05, 0.1) is 20.1 Å². The number of alkyl halides is 8. The number of allylic oxidation sites excluding steroid dienone is 4. The average Bonchev–Trinajstić information content (AvgIpc) is 3.08. The third-order valence-electron chi connectivity index (χ3n) is 8.28. The average molecular weight is 688 g/mol. The highest BCUT2D eigenvalue weighted by Crippen LogP contribution is 2.88. The first-order valence-corrected chi connectivity index (χ1v) is 14.3. The highest BCUT2D eigenvalue weighted by atomic mass is 35.5. The second kappa shape index (κ2) is 6.84. The van der Waals surface area contributed by atoms with Crippen molar-refractivity contribution in [3.63, 3.8) is 0 Å². The van der Waals surface area contributed by atoms with Crippen molar-refractivity contribution >= 4 is 139 Å². The Morgan fingerprint density at radius 1 is 0.545 bits per heavy atom. The van der Waals surface area contributed by atoms with Gasteiger partial charge in [0, 0.05) is 23.7 Å². The van der Waals surface area contributed by atoms with E-state index in [-0.39, 0.29) is 20.1 Å². The van der Waals surface area contributed by atoms with Gasteiger partial charge in [0.2, 0.25) is 0 Å². The van der Waals surface area contributed by atoms with E-state index in [1.54, 1.807) is 0 Å². The van der Waals surface area contributed by atoms with E-state index in [0.717, 1.165) is 16.7 Å². The van der Waals surface area contributed by atoms with Gasteiger partial charge in [-0.2, -0.15) is 0 Å². The van der Waals surface area contributed by atoms with Gasteiger partial charge in [0.1, 0.15) is 19.5 Å². The fourth-order valence-electron chi connectivity index (χ4n) is 7.02. The van der Waals surface area contributed by atoms with Crippen LogP contribution in [0, 0.1) is 18.8 Å². The lowest BCUT2D eigenvalue weighted by Gasteiger charge is -2.52. The molecule has 178 valence electrons. The Morgan fingerprint density at radius 2 is 0.909 bits per heavy atom. The maximum absolute atomic E-state index is 7.29. The Bertz CT molecular complexity index is 1230. The van der Waals surface area contributed by atoms with Crippen LogP contribution in [0.4, 0.5) is 0 Å². The van der Waals surface area contributed by atoms with Gasteiger partial charge in [-0.25, -0.2) is 0 Å². The number of rotatable bonds is 0. The zero-order chi connectivity index (χ0) is 24.5. The zero-order valence-corrected chi connectivity index (χ0v) is 25.1. The molecule has 1 aromatic carbocycles. The Hall–Kier alpha value is 2.18. The van der Waals surface area contributed by atoms with Crippen LogP contribution in [0.2, 0.25) is 0 Å². The lowest BCUT2D eigenvalue weighted by Crippen LogP contribution is -2.53. The molecule has 2 fully saturated rings. The largest absolute Gasteiger partial charge is 0.167 e. The number of aryl methyl sites for hydroxylation is 1. The second-order valence-corrected chi connectivity index (χ2v) is 15.9. The molecule has 0 spiro atoms. The Morgan fingerprint density at radius 3 is 1.33 bits per heavy atom. The second-order valence-electron chi connectivity index (χ2n) is 9.39. The Balaban J connectivity index is 1.79. The first-order chi connectivity index (χ1) is 15.0. The number of hydrogen-bond donors (Lipinski definition) is 0. The molecule has 5 aliphatic carbocycles. The number of fused-ring (bicyclic) bond motifs is 14. The fourth-order valence-corrected chi connectivity index (χ4v) is 13.1. The molecule has 8 atom stereocenters. The number of benzene rings is 1. The topological polar surface area (TPSA) is 0 Å². The van der Waals surface area contributed by atoms with Gasteiger partial charge in [-0.15, -0.1) is 46.4 Å². The normalized spacial score (nSPS) is 50.1. The van der Waals surface area contributed by atoms with Crippen LogP contribution in [-0.2, 0) is 0 Å². The molecule has 0 N–H and O–H groups in total. The predicted octanol–water partition coefficient (Wildman–Crippen LogP) is 10.1. The zero-order valence-electron chi connectivity index (χ0n) is 16.1. The summed E-state index contributed by atoms with van der Waals surface area (Å²) in [5, 5.41) is 0.281. The van der Waals surface area contributed by atoms with Crippen molar-refractivity contribution < 1.29 is 0 Å². The summed E-state index contributed by atoms with van der Waals surface area (Å²) in [6.45, 7) is 1.95. The van der Waals surface area contributed by atoms with Gasteiger partial charge in [0.25, 0.3) is 0 Å². The minimum Gasteiger partial charge on any atom is -0.109 e. The van der Waals surface area contributed by atoms with Crippen molar-refractivity contribution in [1.82, 2.24) is 0 Å². The van der Waals surface area contributed by atoms with Crippen LogP contribution in [0.1, 0.15) is 28.5 Å². The molecule has 2 saturated carbocycles. The van der Waals surface area contributed by atoms with Gasteiger partial charge in [-0.1, -0.05) is 117 Å². The van der Waals surface area contributed by atoms with Crippen LogP contribution in [0.15, 0.2) is 38.3 Å². The van der Waals surface area contributed by atoms with E-state index in [4.69, 9.17) is 139 Å². The third kappa shape index (κ3) is 2.19. The van der Waals surface area contributed by atoms with E-state index >= 15 is 0 Å². The van der Waals surface area contributed by atoms with Gasteiger partial charge in [0.15, 0.2) is 8.67 Å². The van der Waals surface area contributed by atoms with Gasteiger partial charge >= 0.3 is 0 Å². The molecule has 0 aliphatic heterocycles. The maximum Gasteiger partial charge on any atom is 0.167 e. The Kier molecular flexibility index (Phi) is 5.28. The molecule has 6 rings (SSSR count). The van der Waals surface area contributed by atoms with Crippen LogP contribution in [0.3, 0.4) is 0 Å². The Labute approximate surface area is 250 Å². The van der Waals surface area contributed by atoms with E-state index in [0.29, 0.717) is 0 Å². The summed E-state index contributed by atoms with van der Waals surface area (Å²) in [4.78, 5) is -6.35. The molecule has 12 heteroatoms. The van der Waals surface area contributed by atoms with E-state index in [2.05, 4.69) is 0 Å². The van der Waals surface area contributed by atoms with E-state index < -0.39 is 51.8 Å². The van der Waals surface area contributed by atoms with Gasteiger partial charge in [-0.05, 0) is 18.1 Å². The summed E-state index contributed by atoms with van der Waals surface area (Å²) in [7, 11) is 0. The van der Waals surface area contributed by atoms with Crippen molar-refractivity contribution in [2.75, 3.05) is 0 Å². The lowest BCUT2D eigenvalue weighted by molar-refractivity contribution is 0.201. The smallest absolute Gasteiger partial charge is 0.109 e. The van der Waals surface area contributed by atoms with Crippen molar-refractivity contribution in [1.29, 1.82) is 0 Å². The summed E-state index contributed by atoms with van der Waals surface area (Å²) < 4.78 is -3.61. The van der Waals surface area contributed by atoms with Crippen molar-refractivity contribution in [2.45, 2.75) is 46.9 Å². The molecule has 0 unspecified atom stereocenters. The van der Waals surface area contributed by atoms with Gasteiger partial charge < -0.3 is 0 Å².